The topological polar surface area (TPSA) is 41.1 Å². The van der Waals surface area contributed by atoms with Gasteiger partial charge in [-0.05, 0) is 36.6 Å². The zero-order chi connectivity index (χ0) is 15.1. The first kappa shape index (κ1) is 15.4. The smallest absolute Gasteiger partial charge is 0.315 e. The van der Waals surface area contributed by atoms with Crippen LogP contribution in [0.3, 0.4) is 0 Å². The maximum atomic E-state index is 11.8. The molecular formula is C17H19ClN2O. The molecule has 0 unspecified atom stereocenters. The number of benzene rings is 2. The molecular weight excluding hydrogens is 284 g/mol. The largest absolute Gasteiger partial charge is 0.338 e. The van der Waals surface area contributed by atoms with Gasteiger partial charge in [0.2, 0.25) is 0 Å². The summed E-state index contributed by atoms with van der Waals surface area (Å²) in [5.74, 6) is 0. The van der Waals surface area contributed by atoms with Gasteiger partial charge in [0.1, 0.15) is 0 Å². The summed E-state index contributed by atoms with van der Waals surface area (Å²) >= 11 is 5.85. The first-order valence-corrected chi connectivity index (χ1v) is 7.36. The number of carbonyl (C=O) groups excluding carboxylic acids is 1. The second-order valence-electron chi connectivity index (χ2n) is 4.91. The fourth-order valence-electron chi connectivity index (χ4n) is 2.05. The number of nitrogens with one attached hydrogen (secondary N) is 2. The molecule has 2 aromatic carbocycles. The van der Waals surface area contributed by atoms with Crippen LogP contribution in [-0.2, 0) is 6.42 Å². The Morgan fingerprint density at radius 3 is 2.43 bits per heavy atom. The number of carbonyl (C=O) groups is 1. The lowest BCUT2D eigenvalue weighted by Crippen LogP contribution is -2.38. The fraction of sp³-hybridized carbons (Fsp3) is 0.235. The van der Waals surface area contributed by atoms with Gasteiger partial charge in [-0.1, -0.05) is 54.1 Å². The highest BCUT2D eigenvalue weighted by Gasteiger charge is 2.08. The van der Waals surface area contributed by atoms with Crippen molar-refractivity contribution in [1.82, 2.24) is 10.6 Å². The van der Waals surface area contributed by atoms with Crippen LogP contribution in [0.1, 0.15) is 24.1 Å². The first-order valence-electron chi connectivity index (χ1n) is 6.99. The van der Waals surface area contributed by atoms with E-state index in [0.29, 0.717) is 11.6 Å². The molecule has 0 aliphatic carbocycles. The molecule has 0 aliphatic rings. The molecule has 0 saturated carbocycles. The highest BCUT2D eigenvalue weighted by atomic mass is 35.5. The van der Waals surface area contributed by atoms with Gasteiger partial charge in [-0.2, -0.15) is 0 Å². The molecule has 0 aromatic heterocycles. The van der Waals surface area contributed by atoms with Crippen LogP contribution in [0.2, 0.25) is 5.02 Å². The van der Waals surface area contributed by atoms with Crippen molar-refractivity contribution in [2.75, 3.05) is 6.54 Å². The SMILES string of the molecule is C[C@@H](NC(=O)NCCc1ccccc1)c1ccc(Cl)cc1. The number of amides is 2. The van der Waals surface area contributed by atoms with Gasteiger partial charge in [0.25, 0.3) is 0 Å². The molecule has 0 heterocycles. The van der Waals surface area contributed by atoms with Crippen molar-refractivity contribution in [1.29, 1.82) is 0 Å². The van der Waals surface area contributed by atoms with Crippen LogP contribution in [0.25, 0.3) is 0 Å². The zero-order valence-corrected chi connectivity index (χ0v) is 12.7. The third kappa shape index (κ3) is 5.12. The lowest BCUT2D eigenvalue weighted by molar-refractivity contribution is 0.238. The average molecular weight is 303 g/mol. The van der Waals surface area contributed by atoms with E-state index in [-0.39, 0.29) is 12.1 Å². The van der Waals surface area contributed by atoms with Crippen LogP contribution in [0, 0.1) is 0 Å². The second-order valence-corrected chi connectivity index (χ2v) is 5.35. The Labute approximate surface area is 130 Å². The van der Waals surface area contributed by atoms with Crippen molar-refractivity contribution in [3.63, 3.8) is 0 Å². The molecule has 2 N–H and O–H groups in total. The van der Waals surface area contributed by atoms with Crippen molar-refractivity contribution in [2.24, 2.45) is 0 Å². The van der Waals surface area contributed by atoms with Crippen LogP contribution in [0.15, 0.2) is 54.6 Å². The summed E-state index contributed by atoms with van der Waals surface area (Å²) < 4.78 is 0. The third-order valence-corrected chi connectivity index (χ3v) is 3.51. The molecule has 0 radical (unpaired) electrons. The van der Waals surface area contributed by atoms with Gasteiger partial charge in [0.15, 0.2) is 0 Å². The summed E-state index contributed by atoms with van der Waals surface area (Å²) in [5, 5.41) is 6.47. The van der Waals surface area contributed by atoms with Crippen molar-refractivity contribution in [3.8, 4) is 0 Å². The van der Waals surface area contributed by atoms with E-state index in [1.807, 2.05) is 49.4 Å². The molecule has 2 aromatic rings. The van der Waals surface area contributed by atoms with E-state index in [1.54, 1.807) is 0 Å². The Bertz CT molecular complexity index is 569. The molecule has 0 aliphatic heterocycles. The van der Waals surface area contributed by atoms with Crippen LogP contribution in [-0.4, -0.2) is 12.6 Å². The summed E-state index contributed by atoms with van der Waals surface area (Å²) in [5.41, 5.74) is 2.24. The number of urea groups is 1. The van der Waals surface area contributed by atoms with E-state index in [9.17, 15) is 4.79 Å². The van der Waals surface area contributed by atoms with Gasteiger partial charge in [0, 0.05) is 11.6 Å². The number of hydrogen-bond donors (Lipinski definition) is 2. The Morgan fingerprint density at radius 2 is 1.76 bits per heavy atom. The Balaban J connectivity index is 1.75. The minimum absolute atomic E-state index is 0.0565. The maximum absolute atomic E-state index is 11.8. The van der Waals surface area contributed by atoms with Crippen LogP contribution in [0.4, 0.5) is 4.79 Å². The summed E-state index contributed by atoms with van der Waals surface area (Å²) in [6.45, 7) is 2.56. The minimum Gasteiger partial charge on any atom is -0.338 e. The minimum atomic E-state index is -0.159. The Hall–Kier alpha value is -2.00. The molecule has 3 nitrogen and oxygen atoms in total. The molecule has 21 heavy (non-hydrogen) atoms. The molecule has 0 fully saturated rings. The van der Waals surface area contributed by atoms with E-state index in [1.165, 1.54) is 5.56 Å². The molecule has 0 bridgehead atoms. The normalized spacial score (nSPS) is 11.7. The van der Waals surface area contributed by atoms with E-state index in [0.717, 1.165) is 12.0 Å². The fourth-order valence-corrected chi connectivity index (χ4v) is 2.17. The van der Waals surface area contributed by atoms with Crippen molar-refractivity contribution in [2.45, 2.75) is 19.4 Å². The van der Waals surface area contributed by atoms with Gasteiger partial charge in [0.05, 0.1) is 6.04 Å². The first-order chi connectivity index (χ1) is 10.1. The van der Waals surface area contributed by atoms with Crippen molar-refractivity contribution >= 4 is 17.6 Å². The number of halogens is 1. The molecule has 4 heteroatoms. The van der Waals surface area contributed by atoms with Crippen LogP contribution >= 0.6 is 11.6 Å². The van der Waals surface area contributed by atoms with Crippen molar-refractivity contribution in [3.05, 3.63) is 70.7 Å². The molecule has 2 amide bonds. The van der Waals surface area contributed by atoms with Gasteiger partial charge >= 0.3 is 6.03 Å². The molecule has 0 saturated heterocycles. The number of hydrogen-bond acceptors (Lipinski definition) is 1. The lowest BCUT2D eigenvalue weighted by atomic mass is 10.1. The van der Waals surface area contributed by atoms with E-state index in [4.69, 9.17) is 11.6 Å². The summed E-state index contributed by atoms with van der Waals surface area (Å²) in [7, 11) is 0. The Kier molecular flexibility index (Phi) is 5.64. The standard InChI is InChI=1S/C17H19ClN2O/c1-13(15-7-9-16(18)10-8-15)20-17(21)19-12-11-14-5-3-2-4-6-14/h2-10,13H,11-12H2,1H3,(H2,19,20,21)/t13-/m1/s1. The van der Waals surface area contributed by atoms with Gasteiger partial charge in [-0.25, -0.2) is 4.79 Å². The lowest BCUT2D eigenvalue weighted by Gasteiger charge is -2.15. The van der Waals surface area contributed by atoms with Gasteiger partial charge < -0.3 is 10.6 Å². The highest BCUT2D eigenvalue weighted by Crippen LogP contribution is 2.15. The van der Waals surface area contributed by atoms with Gasteiger partial charge in [-0.3, -0.25) is 0 Å². The quantitative estimate of drug-likeness (QED) is 0.863. The molecule has 2 rings (SSSR count). The molecule has 110 valence electrons. The predicted octanol–water partition coefficient (Wildman–Crippen LogP) is 3.94. The molecule has 1 atom stereocenters. The summed E-state index contributed by atoms with van der Waals surface area (Å²) in [6, 6.07) is 17.3. The summed E-state index contributed by atoms with van der Waals surface area (Å²) in [4.78, 5) is 11.8. The van der Waals surface area contributed by atoms with E-state index in [2.05, 4.69) is 22.8 Å². The van der Waals surface area contributed by atoms with Crippen LogP contribution in [0.5, 0.6) is 0 Å². The molecule has 0 spiro atoms. The predicted molar refractivity (Wildman–Crippen MR) is 86.5 cm³/mol. The monoisotopic (exact) mass is 302 g/mol. The zero-order valence-electron chi connectivity index (χ0n) is 12.0. The average Bonchev–Trinajstić information content (AvgIpc) is 2.49. The van der Waals surface area contributed by atoms with E-state index >= 15 is 0 Å². The van der Waals surface area contributed by atoms with Crippen LogP contribution < -0.4 is 10.6 Å². The number of rotatable bonds is 5. The highest BCUT2D eigenvalue weighted by molar-refractivity contribution is 6.30. The van der Waals surface area contributed by atoms with E-state index < -0.39 is 0 Å². The van der Waals surface area contributed by atoms with Crippen molar-refractivity contribution < 1.29 is 4.79 Å². The summed E-state index contributed by atoms with van der Waals surface area (Å²) in [6.07, 6.45) is 0.823. The Morgan fingerprint density at radius 1 is 1.10 bits per heavy atom. The van der Waals surface area contributed by atoms with Gasteiger partial charge in [-0.15, -0.1) is 0 Å². The maximum Gasteiger partial charge on any atom is 0.315 e. The second kappa shape index (κ2) is 7.70. The third-order valence-electron chi connectivity index (χ3n) is 3.26.